The van der Waals surface area contributed by atoms with Gasteiger partial charge in [-0.2, -0.15) is 0 Å². The average Bonchev–Trinajstić information content (AvgIpc) is 2.51. The third-order valence-electron chi connectivity index (χ3n) is 1.22. The van der Waals surface area contributed by atoms with Crippen LogP contribution < -0.4 is 5.73 Å². The summed E-state index contributed by atoms with van der Waals surface area (Å²) < 4.78 is 1.13. The second kappa shape index (κ2) is 4.22. The van der Waals surface area contributed by atoms with E-state index in [1.54, 1.807) is 6.08 Å². The van der Waals surface area contributed by atoms with Crippen molar-refractivity contribution in [3.8, 4) is 6.07 Å². The van der Waals surface area contributed by atoms with Gasteiger partial charge < -0.3 is 0 Å². The molecular weight excluding hydrogens is 235 g/mol. The Labute approximate surface area is 82.1 Å². The van der Waals surface area contributed by atoms with Crippen LogP contribution >= 0.6 is 12.2 Å². The van der Waals surface area contributed by atoms with E-state index in [0.717, 1.165) is 4.44 Å². The predicted octanol–water partition coefficient (Wildman–Crippen LogP) is 0.937. The number of nitrogens with zero attached hydrogens (tertiary/aromatic N) is 1. The van der Waals surface area contributed by atoms with Crippen molar-refractivity contribution in [3.05, 3.63) is 27.1 Å². The van der Waals surface area contributed by atoms with Gasteiger partial charge in [0.25, 0.3) is 0 Å². The molecule has 0 fully saturated rings. The molecule has 0 aliphatic heterocycles. The van der Waals surface area contributed by atoms with E-state index in [1.165, 1.54) is 0 Å². The van der Waals surface area contributed by atoms with Gasteiger partial charge in [-0.3, -0.25) is 0 Å². The summed E-state index contributed by atoms with van der Waals surface area (Å²) in [5.41, 5.74) is 5.72. The van der Waals surface area contributed by atoms with E-state index in [1.807, 2.05) is 18.2 Å². The van der Waals surface area contributed by atoms with Gasteiger partial charge in [-0.25, -0.2) is 0 Å². The fourth-order valence-corrected chi connectivity index (χ4v) is 2.16. The molecule has 4 heteroatoms. The molecule has 0 saturated heterocycles. The van der Waals surface area contributed by atoms with Gasteiger partial charge >= 0.3 is 81.9 Å². The zero-order valence-electron chi connectivity index (χ0n) is 6.15. The van der Waals surface area contributed by atoms with E-state index in [-0.39, 0.29) is 4.99 Å². The van der Waals surface area contributed by atoms with Crippen LogP contribution in [0.15, 0.2) is 22.6 Å². The van der Waals surface area contributed by atoms with Gasteiger partial charge in [0.05, 0.1) is 0 Å². The number of thiocarbonyl (C=S) groups is 1. The Bertz CT molecular complexity index is 346. The summed E-state index contributed by atoms with van der Waals surface area (Å²) >= 11 is 5.04. The van der Waals surface area contributed by atoms with Crippen molar-refractivity contribution in [2.24, 2.45) is 5.73 Å². The molecule has 0 amide bonds. The molecule has 0 aliphatic carbocycles. The van der Waals surface area contributed by atoms with E-state index < -0.39 is 0 Å². The number of hydrogen-bond acceptors (Lipinski definition) is 2. The maximum absolute atomic E-state index is 8.63. The van der Waals surface area contributed by atoms with Crippen molar-refractivity contribution in [2.75, 3.05) is 0 Å². The number of hydrogen-bond donors (Lipinski definition) is 1. The van der Waals surface area contributed by atoms with Crippen LogP contribution in [0.25, 0.3) is 6.08 Å². The van der Waals surface area contributed by atoms with Crippen LogP contribution in [-0.2, 0) is 0 Å². The summed E-state index contributed by atoms with van der Waals surface area (Å²) in [6.07, 6.45) is 1.75. The molecule has 1 aromatic rings. The van der Waals surface area contributed by atoms with Gasteiger partial charge in [-0.15, -0.1) is 0 Å². The van der Waals surface area contributed by atoms with Gasteiger partial charge in [0, 0.05) is 0 Å². The maximum atomic E-state index is 8.63. The topological polar surface area (TPSA) is 49.8 Å². The molecular formula is C8H6N2SSe. The van der Waals surface area contributed by atoms with E-state index >= 15 is 0 Å². The van der Waals surface area contributed by atoms with Crippen molar-refractivity contribution in [1.29, 1.82) is 5.26 Å². The van der Waals surface area contributed by atoms with Crippen LogP contribution in [0.3, 0.4) is 0 Å². The Balaban J connectivity index is 2.95. The van der Waals surface area contributed by atoms with Crippen LogP contribution in [-0.4, -0.2) is 19.5 Å². The van der Waals surface area contributed by atoms with Gasteiger partial charge in [0.15, 0.2) is 0 Å². The Morgan fingerprint density at radius 1 is 1.75 bits per heavy atom. The third kappa shape index (κ3) is 2.31. The minimum absolute atomic E-state index is 0.168. The average molecular weight is 241 g/mol. The SMILES string of the molecule is N#C/C(=C\c1ccc[se]1)C(N)=S. The Morgan fingerprint density at radius 3 is 2.92 bits per heavy atom. The molecule has 2 N–H and O–H groups in total. The molecule has 1 heterocycles. The molecule has 0 aliphatic rings. The minimum atomic E-state index is 0.168. The second-order valence-electron chi connectivity index (χ2n) is 2.05. The van der Waals surface area contributed by atoms with Crippen molar-refractivity contribution in [3.63, 3.8) is 0 Å². The van der Waals surface area contributed by atoms with Crippen molar-refractivity contribution < 1.29 is 0 Å². The monoisotopic (exact) mass is 242 g/mol. The van der Waals surface area contributed by atoms with Crippen molar-refractivity contribution >= 4 is 37.8 Å². The summed E-state index contributed by atoms with van der Waals surface area (Å²) in [4.78, 5) is 2.24. The van der Waals surface area contributed by atoms with Crippen LogP contribution in [0.2, 0.25) is 0 Å². The van der Waals surface area contributed by atoms with Gasteiger partial charge in [-0.05, 0) is 0 Å². The zero-order valence-corrected chi connectivity index (χ0v) is 8.68. The normalized spacial score (nSPS) is 10.8. The van der Waals surface area contributed by atoms with Crippen molar-refractivity contribution in [1.82, 2.24) is 0 Å². The number of nitriles is 1. The van der Waals surface area contributed by atoms with E-state index in [2.05, 4.69) is 4.94 Å². The summed E-state index contributed by atoms with van der Waals surface area (Å²) in [6.45, 7) is 0. The van der Waals surface area contributed by atoms with E-state index in [0.29, 0.717) is 20.1 Å². The Morgan fingerprint density at radius 2 is 2.50 bits per heavy atom. The molecule has 1 aromatic heterocycles. The molecule has 0 radical (unpaired) electrons. The first-order chi connectivity index (χ1) is 5.74. The van der Waals surface area contributed by atoms with Gasteiger partial charge in [0.2, 0.25) is 0 Å². The predicted molar refractivity (Wildman–Crippen MR) is 53.8 cm³/mol. The second-order valence-corrected chi connectivity index (χ2v) is 4.54. The molecule has 0 spiro atoms. The first kappa shape index (κ1) is 9.21. The first-order valence-electron chi connectivity index (χ1n) is 3.19. The Kier molecular flexibility index (Phi) is 3.24. The summed E-state index contributed by atoms with van der Waals surface area (Å²) in [7, 11) is 0. The summed E-state index contributed by atoms with van der Waals surface area (Å²) in [6, 6.07) is 5.91. The van der Waals surface area contributed by atoms with Crippen LogP contribution in [0.4, 0.5) is 0 Å². The third-order valence-corrected chi connectivity index (χ3v) is 3.15. The molecule has 60 valence electrons. The molecule has 0 saturated carbocycles. The molecule has 2 nitrogen and oxygen atoms in total. The fraction of sp³-hybridized carbons (Fsp3) is 0. The molecule has 0 aromatic carbocycles. The zero-order chi connectivity index (χ0) is 8.97. The number of nitrogens with two attached hydrogens (primary N) is 1. The molecule has 0 bridgehead atoms. The summed E-state index contributed by atoms with van der Waals surface area (Å²) in [5, 5.41) is 8.63. The van der Waals surface area contributed by atoms with Gasteiger partial charge in [0.1, 0.15) is 0 Å². The number of rotatable bonds is 2. The molecule has 0 atom stereocenters. The Hall–Kier alpha value is -0.881. The van der Waals surface area contributed by atoms with Crippen LogP contribution in [0.5, 0.6) is 0 Å². The molecule has 1 rings (SSSR count). The van der Waals surface area contributed by atoms with Crippen LogP contribution in [0, 0.1) is 11.3 Å². The molecule has 12 heavy (non-hydrogen) atoms. The first-order valence-corrected chi connectivity index (χ1v) is 5.44. The van der Waals surface area contributed by atoms with Gasteiger partial charge in [-0.1, -0.05) is 0 Å². The summed E-state index contributed by atoms with van der Waals surface area (Å²) in [5.74, 6) is 0. The standard InChI is InChI=1S/C8H6N2SSe/c9-5-6(8(10)11)4-7-2-1-3-12-7/h1-4H,(H2,10,11)/b6-4+. The quantitative estimate of drug-likeness (QED) is 0.363. The van der Waals surface area contributed by atoms with Crippen LogP contribution in [0.1, 0.15) is 4.44 Å². The van der Waals surface area contributed by atoms with E-state index in [4.69, 9.17) is 23.2 Å². The van der Waals surface area contributed by atoms with Crippen molar-refractivity contribution in [2.45, 2.75) is 0 Å². The van der Waals surface area contributed by atoms with E-state index in [9.17, 15) is 0 Å². The fourth-order valence-electron chi connectivity index (χ4n) is 0.674. The molecule has 0 unspecified atom stereocenters.